The van der Waals surface area contributed by atoms with Crippen molar-refractivity contribution < 1.29 is 27.5 Å². The SMILES string of the molecule is COCC1(CS(=O)(=O)c2ccc(OCc3cc4ccccc4nc3C)cc2)NC(=O)NC1=O. The molecular weight excluding hydrogens is 446 g/mol. The number of amides is 3. The largest absolute Gasteiger partial charge is 0.489 e. The van der Waals surface area contributed by atoms with Crippen LogP contribution in [0.2, 0.25) is 0 Å². The minimum absolute atomic E-state index is 0.00262. The van der Waals surface area contributed by atoms with Crippen molar-refractivity contribution in [3.63, 3.8) is 0 Å². The molecule has 1 fully saturated rings. The summed E-state index contributed by atoms with van der Waals surface area (Å²) in [6.45, 7) is 1.91. The molecule has 1 aromatic heterocycles. The molecule has 0 aliphatic carbocycles. The Kier molecular flexibility index (Phi) is 6.05. The number of benzene rings is 2. The van der Waals surface area contributed by atoms with Gasteiger partial charge in [0.05, 0.1) is 22.8 Å². The molecule has 1 aliphatic rings. The van der Waals surface area contributed by atoms with Gasteiger partial charge < -0.3 is 14.8 Å². The Morgan fingerprint density at radius 1 is 1.06 bits per heavy atom. The van der Waals surface area contributed by atoms with Crippen LogP contribution in [0, 0.1) is 6.92 Å². The zero-order valence-corrected chi connectivity index (χ0v) is 18.9. The summed E-state index contributed by atoms with van der Waals surface area (Å²) in [5.41, 5.74) is 1.01. The number of pyridine rings is 1. The lowest BCUT2D eigenvalue weighted by molar-refractivity contribution is -0.124. The van der Waals surface area contributed by atoms with E-state index in [-0.39, 0.29) is 18.1 Å². The Bertz CT molecular complexity index is 1320. The quantitative estimate of drug-likeness (QED) is 0.484. The first-order valence-corrected chi connectivity index (χ1v) is 11.8. The van der Waals surface area contributed by atoms with Gasteiger partial charge in [0.1, 0.15) is 12.4 Å². The molecule has 0 spiro atoms. The molecule has 2 aromatic carbocycles. The van der Waals surface area contributed by atoms with Crippen molar-refractivity contribution in [2.75, 3.05) is 19.5 Å². The molecule has 0 bridgehead atoms. The van der Waals surface area contributed by atoms with Crippen molar-refractivity contribution in [1.82, 2.24) is 15.6 Å². The average Bonchev–Trinajstić information content (AvgIpc) is 3.04. The Balaban J connectivity index is 1.48. The number of sulfone groups is 1. The van der Waals surface area contributed by atoms with Crippen LogP contribution < -0.4 is 15.4 Å². The number of nitrogens with zero attached hydrogens (tertiary/aromatic N) is 1. The van der Waals surface area contributed by atoms with Gasteiger partial charge in [0.25, 0.3) is 5.91 Å². The minimum Gasteiger partial charge on any atom is -0.489 e. The van der Waals surface area contributed by atoms with Crippen molar-refractivity contribution in [1.29, 1.82) is 0 Å². The second kappa shape index (κ2) is 8.80. The fourth-order valence-electron chi connectivity index (χ4n) is 3.73. The third-order valence-corrected chi connectivity index (χ3v) is 7.30. The summed E-state index contributed by atoms with van der Waals surface area (Å²) in [6.07, 6.45) is 0. The Morgan fingerprint density at radius 2 is 1.79 bits per heavy atom. The van der Waals surface area contributed by atoms with Crippen LogP contribution in [0.3, 0.4) is 0 Å². The fraction of sp³-hybridized carbons (Fsp3) is 0.261. The number of carbonyl (C=O) groups excluding carboxylic acids is 2. The van der Waals surface area contributed by atoms with E-state index in [1.54, 1.807) is 12.1 Å². The third-order valence-electron chi connectivity index (χ3n) is 5.44. The summed E-state index contributed by atoms with van der Waals surface area (Å²) < 4.78 is 36.7. The number of fused-ring (bicyclic) bond motifs is 1. The van der Waals surface area contributed by atoms with E-state index in [0.717, 1.165) is 22.2 Å². The van der Waals surface area contributed by atoms with Crippen molar-refractivity contribution in [3.05, 3.63) is 65.9 Å². The van der Waals surface area contributed by atoms with E-state index < -0.39 is 33.1 Å². The molecule has 1 saturated heterocycles. The van der Waals surface area contributed by atoms with E-state index in [2.05, 4.69) is 15.6 Å². The normalized spacial score (nSPS) is 18.2. The van der Waals surface area contributed by atoms with Crippen LogP contribution in [0.25, 0.3) is 10.9 Å². The number of rotatable bonds is 8. The summed E-state index contributed by atoms with van der Waals surface area (Å²) in [7, 11) is -2.59. The Morgan fingerprint density at radius 3 is 2.45 bits per heavy atom. The number of nitrogens with one attached hydrogen (secondary N) is 2. The van der Waals surface area contributed by atoms with Crippen LogP contribution in [0.1, 0.15) is 11.3 Å². The molecule has 1 unspecified atom stereocenters. The van der Waals surface area contributed by atoms with Crippen LogP contribution in [-0.2, 0) is 26.0 Å². The summed E-state index contributed by atoms with van der Waals surface area (Å²) >= 11 is 0. The first-order valence-electron chi connectivity index (χ1n) is 10.2. The number of aromatic nitrogens is 1. The Hall–Kier alpha value is -3.50. The lowest BCUT2D eigenvalue weighted by Crippen LogP contribution is -2.55. The number of hydrogen-bond acceptors (Lipinski definition) is 7. The maximum atomic E-state index is 12.9. The molecule has 33 heavy (non-hydrogen) atoms. The molecule has 1 atom stereocenters. The lowest BCUT2D eigenvalue weighted by Gasteiger charge is -2.24. The third kappa shape index (κ3) is 4.67. The molecule has 0 radical (unpaired) electrons. The fourth-order valence-corrected chi connectivity index (χ4v) is 5.39. The van der Waals surface area contributed by atoms with Gasteiger partial charge >= 0.3 is 6.03 Å². The molecular formula is C23H23N3O6S. The smallest absolute Gasteiger partial charge is 0.322 e. The first kappa shape index (κ1) is 22.7. The highest BCUT2D eigenvalue weighted by Gasteiger charge is 2.49. The van der Waals surface area contributed by atoms with Crippen molar-refractivity contribution in [2.24, 2.45) is 0 Å². The van der Waals surface area contributed by atoms with Gasteiger partial charge in [-0.3, -0.25) is 15.1 Å². The second-order valence-corrected chi connectivity index (χ2v) is 9.86. The van der Waals surface area contributed by atoms with Gasteiger partial charge in [-0.1, -0.05) is 18.2 Å². The highest BCUT2D eigenvalue weighted by molar-refractivity contribution is 7.91. The van der Waals surface area contributed by atoms with Gasteiger partial charge in [-0.2, -0.15) is 0 Å². The maximum absolute atomic E-state index is 12.9. The number of imide groups is 1. The standard InChI is InChI=1S/C23H23N3O6S/c1-15-17(11-16-5-3-4-6-20(16)24-15)12-32-18-7-9-19(10-8-18)33(29,30)14-23(13-31-2)21(27)25-22(28)26-23/h3-11H,12-14H2,1-2H3,(H2,25,26,27,28). The van der Waals surface area contributed by atoms with Crippen LogP contribution in [0.5, 0.6) is 5.75 Å². The summed E-state index contributed by atoms with van der Waals surface area (Å²) in [4.78, 5) is 28.4. The lowest BCUT2D eigenvalue weighted by atomic mass is 10.1. The molecule has 4 rings (SSSR count). The molecule has 0 saturated carbocycles. The number of para-hydroxylation sites is 1. The molecule has 172 valence electrons. The highest BCUT2D eigenvalue weighted by Crippen LogP contribution is 2.24. The summed E-state index contributed by atoms with van der Waals surface area (Å²) in [6, 6.07) is 15.0. The second-order valence-electron chi connectivity index (χ2n) is 7.87. The van der Waals surface area contributed by atoms with Crippen molar-refractivity contribution in [3.8, 4) is 5.75 Å². The summed E-state index contributed by atoms with van der Waals surface area (Å²) in [5, 5.41) is 5.45. The van der Waals surface area contributed by atoms with Crippen molar-refractivity contribution >= 4 is 32.7 Å². The summed E-state index contributed by atoms with van der Waals surface area (Å²) in [5.74, 6) is -0.884. The van der Waals surface area contributed by atoms with Gasteiger partial charge in [-0.05, 0) is 43.3 Å². The zero-order valence-electron chi connectivity index (χ0n) is 18.1. The van der Waals surface area contributed by atoms with E-state index in [1.165, 1.54) is 19.2 Å². The van der Waals surface area contributed by atoms with E-state index in [0.29, 0.717) is 5.75 Å². The minimum atomic E-state index is -3.92. The van der Waals surface area contributed by atoms with Crippen LogP contribution in [0.4, 0.5) is 4.79 Å². The highest BCUT2D eigenvalue weighted by atomic mass is 32.2. The maximum Gasteiger partial charge on any atom is 0.322 e. The van der Waals surface area contributed by atoms with E-state index >= 15 is 0 Å². The number of methoxy groups -OCH3 is 1. The number of aryl methyl sites for hydroxylation is 1. The predicted molar refractivity (Wildman–Crippen MR) is 121 cm³/mol. The van der Waals surface area contributed by atoms with Crippen LogP contribution >= 0.6 is 0 Å². The van der Waals surface area contributed by atoms with Gasteiger partial charge in [0, 0.05) is 23.8 Å². The number of hydrogen-bond donors (Lipinski definition) is 2. The van der Waals surface area contributed by atoms with Gasteiger partial charge in [0.2, 0.25) is 0 Å². The monoisotopic (exact) mass is 469 g/mol. The number of carbonyl (C=O) groups is 2. The zero-order chi connectivity index (χ0) is 23.6. The molecule has 2 N–H and O–H groups in total. The van der Waals surface area contributed by atoms with Crippen molar-refractivity contribution in [2.45, 2.75) is 24.0 Å². The first-order chi connectivity index (χ1) is 15.7. The molecule has 1 aliphatic heterocycles. The van der Waals surface area contributed by atoms with E-state index in [1.807, 2.05) is 37.3 Å². The Labute approximate surface area is 191 Å². The van der Waals surface area contributed by atoms with Gasteiger partial charge in [-0.25, -0.2) is 13.2 Å². The topological polar surface area (TPSA) is 124 Å². The number of urea groups is 1. The molecule has 9 nitrogen and oxygen atoms in total. The van der Waals surface area contributed by atoms with E-state index in [9.17, 15) is 18.0 Å². The predicted octanol–water partition coefficient (Wildman–Crippen LogP) is 2.12. The molecule has 3 amide bonds. The van der Waals surface area contributed by atoms with Crippen LogP contribution in [0.15, 0.2) is 59.5 Å². The average molecular weight is 470 g/mol. The molecule has 10 heteroatoms. The van der Waals surface area contributed by atoms with Gasteiger partial charge in [0.15, 0.2) is 15.4 Å². The molecule has 3 aromatic rings. The number of ether oxygens (including phenoxy) is 2. The molecule has 2 heterocycles. The van der Waals surface area contributed by atoms with Gasteiger partial charge in [-0.15, -0.1) is 0 Å². The van der Waals surface area contributed by atoms with Crippen LogP contribution in [-0.4, -0.2) is 50.3 Å². The van der Waals surface area contributed by atoms with E-state index in [4.69, 9.17) is 9.47 Å².